The summed E-state index contributed by atoms with van der Waals surface area (Å²) in [7, 11) is 0. The summed E-state index contributed by atoms with van der Waals surface area (Å²) >= 11 is 0. The van der Waals surface area contributed by atoms with Crippen molar-refractivity contribution in [2.75, 3.05) is 6.61 Å². The Hall–Kier alpha value is -2.70. The number of benzene rings is 1. The van der Waals surface area contributed by atoms with Crippen LogP contribution in [-0.2, 0) is 14.3 Å². The zero-order chi connectivity index (χ0) is 23.3. The van der Waals surface area contributed by atoms with Crippen LogP contribution in [0, 0.1) is 23.7 Å². The molecular formula is C26H32N2O5. The van der Waals surface area contributed by atoms with Crippen molar-refractivity contribution in [1.29, 1.82) is 0 Å². The van der Waals surface area contributed by atoms with Crippen LogP contribution in [0.4, 0.5) is 0 Å². The van der Waals surface area contributed by atoms with Gasteiger partial charge in [0.1, 0.15) is 6.04 Å². The summed E-state index contributed by atoms with van der Waals surface area (Å²) in [5.41, 5.74) is 0.435. The maximum absolute atomic E-state index is 13.0. The number of amides is 3. The second-order valence-corrected chi connectivity index (χ2v) is 11.0. The normalized spacial score (nSPS) is 30.5. The minimum absolute atomic E-state index is 0.0488. The van der Waals surface area contributed by atoms with E-state index in [-0.39, 0.29) is 23.8 Å². The summed E-state index contributed by atoms with van der Waals surface area (Å²) in [6, 6.07) is 5.51. The molecule has 1 aliphatic heterocycles. The lowest BCUT2D eigenvalue weighted by atomic mass is 9.53. The van der Waals surface area contributed by atoms with Crippen LogP contribution in [0.15, 0.2) is 24.3 Å². The van der Waals surface area contributed by atoms with Crippen LogP contribution in [0.5, 0.6) is 0 Å². The largest absolute Gasteiger partial charge is 0.454 e. The highest BCUT2D eigenvalue weighted by Gasteiger charge is 2.51. The molecule has 7 heteroatoms. The standard InChI is InChI=1S/C26H32N2O5/c1-15(2)7-21(28-23(30)19-5-3-4-6-20(19)24(28)31)25(32)33-14-22(29)27-26-11-16-8-17(12-26)10-18(9-16)13-26/h3-6,15-18,21H,7-14H2,1-2H3,(H,27,29). The third kappa shape index (κ3) is 4.06. The Bertz CT molecular complexity index is 930. The fourth-order valence-corrected chi connectivity index (χ4v) is 7.07. The van der Waals surface area contributed by atoms with Gasteiger partial charge in [0.05, 0.1) is 11.1 Å². The lowest BCUT2D eigenvalue weighted by Crippen LogP contribution is -2.60. The van der Waals surface area contributed by atoms with E-state index in [1.54, 1.807) is 24.3 Å². The van der Waals surface area contributed by atoms with E-state index in [9.17, 15) is 19.2 Å². The van der Waals surface area contributed by atoms with Gasteiger partial charge in [0.15, 0.2) is 6.61 Å². The lowest BCUT2D eigenvalue weighted by Gasteiger charge is -2.56. The molecule has 1 unspecified atom stereocenters. The second-order valence-electron chi connectivity index (χ2n) is 11.0. The van der Waals surface area contributed by atoms with Gasteiger partial charge >= 0.3 is 5.97 Å². The minimum atomic E-state index is -1.05. The van der Waals surface area contributed by atoms with Gasteiger partial charge in [0.2, 0.25) is 0 Å². The molecular weight excluding hydrogens is 420 g/mol. The molecule has 33 heavy (non-hydrogen) atoms. The second kappa shape index (κ2) is 8.26. The first-order chi connectivity index (χ1) is 15.7. The summed E-state index contributed by atoms with van der Waals surface area (Å²) in [6.07, 6.45) is 7.17. The van der Waals surface area contributed by atoms with E-state index in [1.165, 1.54) is 19.3 Å². The van der Waals surface area contributed by atoms with Gasteiger partial charge < -0.3 is 10.1 Å². The van der Waals surface area contributed by atoms with Crippen LogP contribution in [0.2, 0.25) is 0 Å². The predicted octanol–water partition coefficient (Wildman–Crippen LogP) is 3.33. The van der Waals surface area contributed by atoms with Gasteiger partial charge in [-0.25, -0.2) is 4.79 Å². The summed E-state index contributed by atoms with van der Waals surface area (Å²) in [5, 5.41) is 3.20. The smallest absolute Gasteiger partial charge is 0.329 e. The highest BCUT2D eigenvalue weighted by molar-refractivity contribution is 6.22. The molecule has 3 amide bonds. The molecule has 1 heterocycles. The lowest BCUT2D eigenvalue weighted by molar-refractivity contribution is -0.154. The van der Waals surface area contributed by atoms with E-state index < -0.39 is 30.4 Å². The van der Waals surface area contributed by atoms with Crippen molar-refractivity contribution in [2.45, 2.75) is 70.4 Å². The summed E-state index contributed by atoms with van der Waals surface area (Å²) < 4.78 is 5.39. The molecule has 1 N–H and O–H groups in total. The first kappa shape index (κ1) is 22.1. The van der Waals surface area contributed by atoms with Gasteiger partial charge in [-0.1, -0.05) is 26.0 Å². The Kier molecular flexibility index (Phi) is 5.53. The molecule has 0 saturated heterocycles. The Labute approximate surface area is 194 Å². The van der Waals surface area contributed by atoms with E-state index in [2.05, 4.69) is 5.32 Å². The van der Waals surface area contributed by atoms with Gasteiger partial charge in [-0.2, -0.15) is 0 Å². The molecule has 6 rings (SSSR count). The Morgan fingerprint density at radius 3 is 2.00 bits per heavy atom. The van der Waals surface area contributed by atoms with Crippen LogP contribution in [0.1, 0.15) is 79.5 Å². The van der Waals surface area contributed by atoms with Crippen LogP contribution < -0.4 is 5.32 Å². The SMILES string of the molecule is CC(C)CC(C(=O)OCC(=O)NC12CC3CC(CC(C3)C1)C2)N1C(=O)c2ccccc2C1=O. The van der Waals surface area contributed by atoms with E-state index in [0.717, 1.165) is 24.2 Å². The molecule has 1 aromatic rings. The number of hydrogen-bond acceptors (Lipinski definition) is 5. The molecule has 176 valence electrons. The van der Waals surface area contributed by atoms with E-state index in [1.807, 2.05) is 13.8 Å². The van der Waals surface area contributed by atoms with Gasteiger partial charge in [0, 0.05) is 5.54 Å². The van der Waals surface area contributed by atoms with E-state index >= 15 is 0 Å². The van der Waals surface area contributed by atoms with Gasteiger partial charge in [-0.15, -0.1) is 0 Å². The number of fused-ring (bicyclic) bond motifs is 1. The summed E-state index contributed by atoms with van der Waals surface area (Å²) in [5.74, 6) is 0.157. The van der Waals surface area contributed by atoms with Crippen molar-refractivity contribution in [3.8, 4) is 0 Å². The first-order valence-corrected chi connectivity index (χ1v) is 12.2. The number of nitrogens with zero attached hydrogens (tertiary/aromatic N) is 1. The molecule has 0 spiro atoms. The van der Waals surface area contributed by atoms with E-state index in [4.69, 9.17) is 4.74 Å². The number of imide groups is 1. The molecule has 1 aromatic carbocycles. The van der Waals surface area contributed by atoms with Crippen LogP contribution in [0.3, 0.4) is 0 Å². The van der Waals surface area contributed by atoms with Crippen molar-refractivity contribution in [3.05, 3.63) is 35.4 Å². The van der Waals surface area contributed by atoms with Crippen molar-refractivity contribution in [2.24, 2.45) is 23.7 Å². The third-order valence-corrected chi connectivity index (χ3v) is 7.89. The summed E-state index contributed by atoms with van der Waals surface area (Å²) in [4.78, 5) is 52.6. The van der Waals surface area contributed by atoms with Crippen molar-refractivity contribution in [1.82, 2.24) is 10.2 Å². The number of esters is 1. The van der Waals surface area contributed by atoms with E-state index in [0.29, 0.717) is 28.9 Å². The van der Waals surface area contributed by atoms with Gasteiger partial charge in [0.25, 0.3) is 17.7 Å². The molecule has 0 aromatic heterocycles. The molecule has 1 atom stereocenters. The third-order valence-electron chi connectivity index (χ3n) is 7.89. The number of nitrogens with one attached hydrogen (secondary N) is 1. The fourth-order valence-electron chi connectivity index (χ4n) is 7.07. The number of rotatable bonds is 7. The van der Waals surface area contributed by atoms with Crippen LogP contribution in [-0.4, -0.2) is 46.8 Å². The molecule has 7 nitrogen and oxygen atoms in total. The number of ether oxygens (including phenoxy) is 1. The Balaban J connectivity index is 1.24. The van der Waals surface area contributed by atoms with Gasteiger partial charge in [-0.05, 0) is 80.8 Å². The molecule has 4 aliphatic carbocycles. The zero-order valence-electron chi connectivity index (χ0n) is 19.3. The number of carbonyl (C=O) groups is 4. The van der Waals surface area contributed by atoms with Crippen LogP contribution >= 0.6 is 0 Å². The van der Waals surface area contributed by atoms with Crippen LogP contribution in [0.25, 0.3) is 0 Å². The average molecular weight is 453 g/mol. The van der Waals surface area contributed by atoms with Crippen molar-refractivity contribution < 1.29 is 23.9 Å². The quantitative estimate of drug-likeness (QED) is 0.506. The first-order valence-electron chi connectivity index (χ1n) is 12.2. The Morgan fingerprint density at radius 1 is 1.00 bits per heavy atom. The molecule has 5 aliphatic rings. The maximum Gasteiger partial charge on any atom is 0.329 e. The number of hydrogen-bond donors (Lipinski definition) is 1. The maximum atomic E-state index is 13.0. The highest BCUT2D eigenvalue weighted by Crippen LogP contribution is 2.55. The molecule has 0 radical (unpaired) electrons. The monoisotopic (exact) mass is 452 g/mol. The zero-order valence-corrected chi connectivity index (χ0v) is 19.3. The molecule has 4 bridgehead atoms. The average Bonchev–Trinajstić information content (AvgIpc) is 2.99. The summed E-state index contributed by atoms with van der Waals surface area (Å²) in [6.45, 7) is 3.44. The van der Waals surface area contributed by atoms with Crippen molar-refractivity contribution >= 4 is 23.7 Å². The van der Waals surface area contributed by atoms with Gasteiger partial charge in [-0.3, -0.25) is 19.3 Å². The topological polar surface area (TPSA) is 92.8 Å². The predicted molar refractivity (Wildman–Crippen MR) is 120 cm³/mol. The molecule has 4 saturated carbocycles. The Morgan fingerprint density at radius 2 is 1.52 bits per heavy atom. The number of carbonyl (C=O) groups excluding carboxylic acids is 4. The minimum Gasteiger partial charge on any atom is -0.454 e. The molecule has 4 fully saturated rings. The fraction of sp³-hybridized carbons (Fsp3) is 0.615. The highest BCUT2D eigenvalue weighted by atomic mass is 16.5. The van der Waals surface area contributed by atoms with Crippen molar-refractivity contribution in [3.63, 3.8) is 0 Å².